The molecule has 2 N–H and O–H groups in total. The van der Waals surface area contributed by atoms with Crippen molar-refractivity contribution in [3.63, 3.8) is 0 Å². The highest BCUT2D eigenvalue weighted by Crippen LogP contribution is 2.46. The molecule has 0 aliphatic carbocycles. The summed E-state index contributed by atoms with van der Waals surface area (Å²) >= 11 is 25.8. The first-order valence-electron chi connectivity index (χ1n) is 9.38. The van der Waals surface area contributed by atoms with Gasteiger partial charge in [0, 0.05) is 20.6 Å². The predicted octanol–water partition coefficient (Wildman–Crippen LogP) is 7.17. The molecule has 1 heterocycles. The standard InChI is InChI=1S/C21H15Cl4N2O4PS/c22-13-8-14(23)10-16(9-13)33-26(11-32(29,30)31)15-4-5-19-12(6-15)7-20(28)27(19)21-17(24)2-1-3-18(21)25/h1-6,8-10H,7,11H2,(H2,29,30,31). The van der Waals surface area contributed by atoms with Crippen LogP contribution in [0, 0.1) is 0 Å². The first-order valence-corrected chi connectivity index (χ1v) is 13.5. The van der Waals surface area contributed by atoms with Crippen molar-refractivity contribution in [1.82, 2.24) is 0 Å². The number of hydrogen-bond donors (Lipinski definition) is 2. The van der Waals surface area contributed by atoms with Crippen molar-refractivity contribution in [3.05, 3.63) is 80.3 Å². The van der Waals surface area contributed by atoms with Gasteiger partial charge in [0.15, 0.2) is 0 Å². The number of nitrogens with zero attached hydrogens (tertiary/aromatic N) is 2. The van der Waals surface area contributed by atoms with Gasteiger partial charge in [0.05, 0.1) is 27.8 Å². The van der Waals surface area contributed by atoms with Crippen LogP contribution in [0.3, 0.4) is 0 Å². The van der Waals surface area contributed by atoms with Gasteiger partial charge in [0.1, 0.15) is 6.29 Å². The smallest absolute Gasteiger partial charge is 0.323 e. The molecule has 1 aliphatic rings. The van der Waals surface area contributed by atoms with E-state index in [1.54, 1.807) is 54.6 Å². The van der Waals surface area contributed by atoms with Gasteiger partial charge in [-0.05, 0) is 66.0 Å². The van der Waals surface area contributed by atoms with Crippen molar-refractivity contribution < 1.29 is 19.1 Å². The fourth-order valence-electron chi connectivity index (χ4n) is 3.45. The molecule has 0 radical (unpaired) electrons. The zero-order valence-corrected chi connectivity index (χ0v) is 21.3. The lowest BCUT2D eigenvalue weighted by atomic mass is 10.1. The van der Waals surface area contributed by atoms with Crippen LogP contribution < -0.4 is 9.21 Å². The van der Waals surface area contributed by atoms with E-state index in [-0.39, 0.29) is 12.3 Å². The number of carbonyl (C=O) groups excluding carboxylic acids is 1. The van der Waals surface area contributed by atoms with E-state index in [2.05, 4.69) is 0 Å². The third-order valence-electron chi connectivity index (χ3n) is 4.71. The normalized spacial score (nSPS) is 13.4. The van der Waals surface area contributed by atoms with Crippen LogP contribution in [0.5, 0.6) is 0 Å². The molecule has 6 nitrogen and oxygen atoms in total. The van der Waals surface area contributed by atoms with Crippen LogP contribution in [-0.4, -0.2) is 22.0 Å². The fraction of sp³-hybridized carbons (Fsp3) is 0.0952. The van der Waals surface area contributed by atoms with Crippen LogP contribution in [0.1, 0.15) is 5.56 Å². The van der Waals surface area contributed by atoms with Crippen molar-refractivity contribution in [2.75, 3.05) is 15.5 Å². The van der Waals surface area contributed by atoms with Gasteiger partial charge in [0.25, 0.3) is 0 Å². The lowest BCUT2D eigenvalue weighted by Crippen LogP contribution is -2.21. The van der Waals surface area contributed by atoms with Crippen molar-refractivity contribution in [1.29, 1.82) is 0 Å². The van der Waals surface area contributed by atoms with E-state index in [1.165, 1.54) is 9.21 Å². The maximum absolute atomic E-state index is 12.8. The van der Waals surface area contributed by atoms with Gasteiger partial charge in [-0.1, -0.05) is 52.5 Å². The SMILES string of the molecule is O=C1Cc2cc(N(CP(=O)(O)O)Sc3cc(Cl)cc(Cl)c3)ccc2N1c1c(Cl)cccc1Cl. The Bertz CT molecular complexity index is 1260. The molecule has 1 amide bonds. The monoisotopic (exact) mass is 562 g/mol. The van der Waals surface area contributed by atoms with E-state index in [4.69, 9.17) is 46.4 Å². The van der Waals surface area contributed by atoms with Crippen molar-refractivity contribution in [3.8, 4) is 0 Å². The van der Waals surface area contributed by atoms with E-state index < -0.39 is 13.9 Å². The number of para-hydroxylation sites is 1. The van der Waals surface area contributed by atoms with E-state index in [0.717, 1.165) is 11.9 Å². The second-order valence-electron chi connectivity index (χ2n) is 7.17. The Hall–Kier alpha value is -1.41. The van der Waals surface area contributed by atoms with Crippen molar-refractivity contribution in [2.45, 2.75) is 11.3 Å². The minimum atomic E-state index is -4.43. The van der Waals surface area contributed by atoms with Gasteiger partial charge >= 0.3 is 7.60 Å². The summed E-state index contributed by atoms with van der Waals surface area (Å²) in [5, 5.41) is 1.47. The molecule has 0 fully saturated rings. The Morgan fingerprint density at radius 3 is 2.21 bits per heavy atom. The topological polar surface area (TPSA) is 81.1 Å². The lowest BCUT2D eigenvalue weighted by Gasteiger charge is -2.25. The number of carbonyl (C=O) groups is 1. The molecule has 0 unspecified atom stereocenters. The highest BCUT2D eigenvalue weighted by Gasteiger charge is 2.32. The zero-order valence-electron chi connectivity index (χ0n) is 16.6. The zero-order chi connectivity index (χ0) is 23.9. The average Bonchev–Trinajstić information content (AvgIpc) is 3.00. The number of amides is 1. The molecule has 0 saturated carbocycles. The molecule has 12 heteroatoms. The fourth-order valence-corrected chi connectivity index (χ4v) is 6.68. The average molecular weight is 564 g/mol. The first kappa shape index (κ1) is 24.7. The second-order valence-corrected chi connectivity index (χ2v) is 11.6. The molecule has 3 aromatic carbocycles. The highest BCUT2D eigenvalue weighted by molar-refractivity contribution is 8.01. The molecule has 0 spiro atoms. The summed E-state index contributed by atoms with van der Waals surface area (Å²) in [4.78, 5) is 34.2. The van der Waals surface area contributed by atoms with Crippen molar-refractivity contribution >= 4 is 88.9 Å². The Balaban J connectivity index is 1.73. The molecule has 1 aliphatic heterocycles. The molecule has 0 atom stereocenters. The Kier molecular flexibility index (Phi) is 7.25. The largest absolute Gasteiger partial charge is 0.345 e. The Morgan fingerprint density at radius 2 is 1.61 bits per heavy atom. The van der Waals surface area contributed by atoms with Gasteiger partial charge in [-0.3, -0.25) is 18.6 Å². The van der Waals surface area contributed by atoms with Crippen LogP contribution in [0.25, 0.3) is 0 Å². The summed E-state index contributed by atoms with van der Waals surface area (Å²) in [7, 11) is -4.43. The molecule has 0 aromatic heterocycles. The Morgan fingerprint density at radius 1 is 0.970 bits per heavy atom. The number of rotatable bonds is 6. The van der Waals surface area contributed by atoms with Crippen LogP contribution in [0.2, 0.25) is 20.1 Å². The minimum Gasteiger partial charge on any atom is -0.323 e. The summed E-state index contributed by atoms with van der Waals surface area (Å²) in [5.74, 6) is -0.215. The number of fused-ring (bicyclic) bond motifs is 1. The molecular weight excluding hydrogens is 549 g/mol. The Labute approximate surface area is 214 Å². The molecule has 0 bridgehead atoms. The molecule has 33 heavy (non-hydrogen) atoms. The summed E-state index contributed by atoms with van der Waals surface area (Å²) in [6, 6.07) is 14.9. The van der Waals surface area contributed by atoms with Gasteiger partial charge in [-0.25, -0.2) is 0 Å². The molecule has 4 rings (SSSR count). The van der Waals surface area contributed by atoms with Crippen LogP contribution in [0.15, 0.2) is 59.5 Å². The van der Waals surface area contributed by atoms with Crippen LogP contribution >= 0.6 is 65.9 Å². The quantitative estimate of drug-likeness (QED) is 0.244. The maximum atomic E-state index is 12.8. The van der Waals surface area contributed by atoms with Crippen LogP contribution in [-0.2, 0) is 15.8 Å². The number of benzene rings is 3. The summed E-state index contributed by atoms with van der Waals surface area (Å²) in [6.45, 7) is 0. The van der Waals surface area contributed by atoms with E-state index in [1.807, 2.05) is 0 Å². The number of anilines is 3. The molecule has 172 valence electrons. The van der Waals surface area contributed by atoms with Gasteiger partial charge in [-0.15, -0.1) is 0 Å². The summed E-state index contributed by atoms with van der Waals surface area (Å²) in [6.07, 6.45) is -0.475. The van der Waals surface area contributed by atoms with E-state index in [9.17, 15) is 19.1 Å². The van der Waals surface area contributed by atoms with Gasteiger partial charge in [-0.2, -0.15) is 0 Å². The third-order valence-corrected chi connectivity index (χ3v) is 7.60. The van der Waals surface area contributed by atoms with E-state index in [0.29, 0.717) is 47.6 Å². The second kappa shape index (κ2) is 9.68. The van der Waals surface area contributed by atoms with Gasteiger partial charge in [0.2, 0.25) is 5.91 Å². The number of halogens is 4. The summed E-state index contributed by atoms with van der Waals surface area (Å²) in [5.41, 5.74) is 2.17. The lowest BCUT2D eigenvalue weighted by molar-refractivity contribution is -0.116. The highest BCUT2D eigenvalue weighted by atomic mass is 35.5. The van der Waals surface area contributed by atoms with Gasteiger partial charge < -0.3 is 9.79 Å². The first-order chi connectivity index (χ1) is 15.5. The van der Waals surface area contributed by atoms with Crippen LogP contribution in [0.4, 0.5) is 17.1 Å². The van der Waals surface area contributed by atoms with E-state index >= 15 is 0 Å². The maximum Gasteiger partial charge on any atom is 0.345 e. The third kappa shape index (κ3) is 5.64. The molecule has 0 saturated heterocycles. The minimum absolute atomic E-state index is 0.0855. The molecule has 3 aromatic rings. The summed E-state index contributed by atoms with van der Waals surface area (Å²) < 4.78 is 13.3. The number of hydrogen-bond acceptors (Lipinski definition) is 4. The van der Waals surface area contributed by atoms with Crippen molar-refractivity contribution in [2.24, 2.45) is 0 Å². The predicted molar refractivity (Wildman–Crippen MR) is 135 cm³/mol. The molecular formula is C21H15Cl4N2O4PS.